The first-order chi connectivity index (χ1) is 6.54. The van der Waals surface area contributed by atoms with Gasteiger partial charge in [0.25, 0.3) is 0 Å². The molecule has 0 bridgehead atoms. The second kappa shape index (κ2) is 4.71. The van der Waals surface area contributed by atoms with E-state index in [2.05, 4.69) is 36.6 Å². The van der Waals surface area contributed by atoms with Crippen molar-refractivity contribution in [2.75, 3.05) is 0 Å². The standard InChI is InChI=1S/C8H3Br2F2NO/c9-6-2-5(14-8(11)12)1-4(3-13)7(6)10/h1-2,8H. The van der Waals surface area contributed by atoms with Gasteiger partial charge in [-0.15, -0.1) is 0 Å². The number of halogens is 4. The van der Waals surface area contributed by atoms with Crippen molar-refractivity contribution < 1.29 is 13.5 Å². The van der Waals surface area contributed by atoms with E-state index in [4.69, 9.17) is 5.26 Å². The van der Waals surface area contributed by atoms with Gasteiger partial charge >= 0.3 is 6.61 Å². The smallest absolute Gasteiger partial charge is 0.387 e. The molecule has 1 aromatic rings. The molecule has 0 aliphatic rings. The van der Waals surface area contributed by atoms with E-state index >= 15 is 0 Å². The lowest BCUT2D eigenvalue weighted by atomic mass is 10.2. The van der Waals surface area contributed by atoms with Crippen LogP contribution in [0.2, 0.25) is 0 Å². The van der Waals surface area contributed by atoms with E-state index in [1.807, 2.05) is 6.07 Å². The molecule has 0 aliphatic heterocycles. The number of alkyl halides is 2. The fraction of sp³-hybridized carbons (Fsp3) is 0.125. The summed E-state index contributed by atoms with van der Waals surface area (Å²) in [6.07, 6.45) is 0. The van der Waals surface area contributed by atoms with Gasteiger partial charge in [0, 0.05) is 8.95 Å². The Kier molecular flexibility index (Phi) is 3.84. The first-order valence-corrected chi connectivity index (χ1v) is 4.97. The van der Waals surface area contributed by atoms with E-state index in [0.29, 0.717) is 8.95 Å². The van der Waals surface area contributed by atoms with Crippen LogP contribution in [0.25, 0.3) is 0 Å². The van der Waals surface area contributed by atoms with Crippen molar-refractivity contribution in [3.8, 4) is 11.8 Å². The van der Waals surface area contributed by atoms with E-state index in [9.17, 15) is 8.78 Å². The summed E-state index contributed by atoms with van der Waals surface area (Å²) in [6.45, 7) is -2.89. The number of ether oxygens (including phenoxy) is 1. The molecule has 0 fully saturated rings. The van der Waals surface area contributed by atoms with E-state index in [1.54, 1.807) is 0 Å². The normalized spacial score (nSPS) is 10.0. The maximum Gasteiger partial charge on any atom is 0.387 e. The summed E-state index contributed by atoms with van der Waals surface area (Å²) in [4.78, 5) is 0. The summed E-state index contributed by atoms with van der Waals surface area (Å²) in [5.41, 5.74) is 0.232. The Labute approximate surface area is 95.7 Å². The second-order valence-corrected chi connectivity index (χ2v) is 3.90. The van der Waals surface area contributed by atoms with Gasteiger partial charge in [0.15, 0.2) is 0 Å². The molecule has 0 heterocycles. The molecular formula is C8H3Br2F2NO. The largest absolute Gasteiger partial charge is 0.435 e. The number of hydrogen-bond donors (Lipinski definition) is 0. The summed E-state index contributed by atoms with van der Waals surface area (Å²) in [5.74, 6) is -0.0494. The maximum atomic E-state index is 11.9. The van der Waals surface area contributed by atoms with Gasteiger partial charge in [-0.3, -0.25) is 0 Å². The Morgan fingerprint density at radius 2 is 2.00 bits per heavy atom. The van der Waals surface area contributed by atoms with Gasteiger partial charge in [0.05, 0.1) is 5.56 Å². The highest BCUT2D eigenvalue weighted by Crippen LogP contribution is 2.31. The molecule has 0 atom stereocenters. The van der Waals surface area contributed by atoms with Crippen LogP contribution in [0, 0.1) is 11.3 Å². The molecule has 0 N–H and O–H groups in total. The number of hydrogen-bond acceptors (Lipinski definition) is 2. The zero-order valence-corrected chi connectivity index (χ0v) is 9.77. The van der Waals surface area contributed by atoms with Crippen LogP contribution in [-0.4, -0.2) is 6.61 Å². The van der Waals surface area contributed by atoms with Crippen LogP contribution in [0.4, 0.5) is 8.78 Å². The van der Waals surface area contributed by atoms with Crippen LogP contribution in [0.5, 0.6) is 5.75 Å². The van der Waals surface area contributed by atoms with Crippen LogP contribution >= 0.6 is 31.9 Å². The number of benzene rings is 1. The third kappa shape index (κ3) is 2.66. The molecule has 2 nitrogen and oxygen atoms in total. The van der Waals surface area contributed by atoms with Crippen molar-refractivity contribution in [2.45, 2.75) is 6.61 Å². The van der Waals surface area contributed by atoms with Gasteiger partial charge in [-0.2, -0.15) is 14.0 Å². The molecule has 0 aromatic heterocycles. The van der Waals surface area contributed by atoms with Gasteiger partial charge in [-0.25, -0.2) is 0 Å². The highest BCUT2D eigenvalue weighted by molar-refractivity contribution is 9.13. The van der Waals surface area contributed by atoms with Crippen molar-refractivity contribution in [1.29, 1.82) is 5.26 Å². The Hall–Kier alpha value is -0.670. The zero-order valence-electron chi connectivity index (χ0n) is 6.60. The quantitative estimate of drug-likeness (QED) is 0.830. The van der Waals surface area contributed by atoms with Gasteiger partial charge in [-0.1, -0.05) is 0 Å². The minimum atomic E-state index is -2.89. The molecule has 14 heavy (non-hydrogen) atoms. The molecule has 1 aromatic carbocycles. The van der Waals surface area contributed by atoms with E-state index in [-0.39, 0.29) is 11.3 Å². The van der Waals surface area contributed by atoms with Crippen LogP contribution in [0.1, 0.15) is 5.56 Å². The minimum Gasteiger partial charge on any atom is -0.435 e. The lowest BCUT2D eigenvalue weighted by Crippen LogP contribution is -2.02. The number of nitriles is 1. The number of rotatable bonds is 2. The van der Waals surface area contributed by atoms with Crippen LogP contribution in [-0.2, 0) is 0 Å². The molecular weight excluding hydrogens is 324 g/mol. The molecule has 0 spiro atoms. The Bertz CT molecular complexity index is 390. The summed E-state index contributed by atoms with van der Waals surface area (Å²) in [5, 5.41) is 8.66. The first kappa shape index (κ1) is 11.4. The van der Waals surface area contributed by atoms with Gasteiger partial charge in [-0.05, 0) is 44.0 Å². The molecule has 0 aliphatic carbocycles. The van der Waals surface area contributed by atoms with Crippen LogP contribution in [0.15, 0.2) is 21.1 Å². The monoisotopic (exact) mass is 325 g/mol. The van der Waals surface area contributed by atoms with E-state index in [1.165, 1.54) is 12.1 Å². The molecule has 0 amide bonds. The predicted octanol–water partition coefficient (Wildman–Crippen LogP) is 3.68. The van der Waals surface area contributed by atoms with Gasteiger partial charge < -0.3 is 4.74 Å². The molecule has 0 radical (unpaired) electrons. The van der Waals surface area contributed by atoms with Crippen LogP contribution < -0.4 is 4.74 Å². The molecule has 0 saturated heterocycles. The third-order valence-electron chi connectivity index (χ3n) is 1.35. The van der Waals surface area contributed by atoms with Crippen molar-refractivity contribution in [1.82, 2.24) is 0 Å². The average molecular weight is 327 g/mol. The highest BCUT2D eigenvalue weighted by Gasteiger charge is 2.10. The van der Waals surface area contributed by atoms with Crippen molar-refractivity contribution in [3.63, 3.8) is 0 Å². The van der Waals surface area contributed by atoms with Gasteiger partial charge in [0.2, 0.25) is 0 Å². The fourth-order valence-electron chi connectivity index (χ4n) is 0.816. The van der Waals surface area contributed by atoms with Crippen molar-refractivity contribution in [3.05, 3.63) is 26.6 Å². The SMILES string of the molecule is N#Cc1cc(OC(F)F)cc(Br)c1Br. The predicted molar refractivity (Wildman–Crippen MR) is 53.2 cm³/mol. The highest BCUT2D eigenvalue weighted by atomic mass is 79.9. The van der Waals surface area contributed by atoms with E-state index < -0.39 is 6.61 Å². The molecule has 0 saturated carbocycles. The summed E-state index contributed by atoms with van der Waals surface area (Å²) >= 11 is 6.23. The number of nitrogens with zero attached hydrogens (tertiary/aromatic N) is 1. The summed E-state index contributed by atoms with van der Waals surface area (Å²) in [7, 11) is 0. The Morgan fingerprint density at radius 3 is 2.50 bits per heavy atom. The van der Waals surface area contributed by atoms with Gasteiger partial charge in [0.1, 0.15) is 11.8 Å². The van der Waals surface area contributed by atoms with E-state index in [0.717, 1.165) is 0 Å². The van der Waals surface area contributed by atoms with Crippen molar-refractivity contribution in [2.24, 2.45) is 0 Å². The lowest BCUT2D eigenvalue weighted by Gasteiger charge is -2.06. The zero-order chi connectivity index (χ0) is 10.7. The third-order valence-corrected chi connectivity index (χ3v) is 3.36. The topological polar surface area (TPSA) is 33.0 Å². The Morgan fingerprint density at radius 1 is 1.36 bits per heavy atom. The van der Waals surface area contributed by atoms with Crippen molar-refractivity contribution >= 4 is 31.9 Å². The summed E-state index contributed by atoms with van der Waals surface area (Å²) < 4.78 is 28.9. The average Bonchev–Trinajstić information content (AvgIpc) is 2.10. The van der Waals surface area contributed by atoms with Crippen LogP contribution in [0.3, 0.4) is 0 Å². The minimum absolute atomic E-state index is 0.0494. The lowest BCUT2D eigenvalue weighted by molar-refractivity contribution is -0.0498. The second-order valence-electron chi connectivity index (χ2n) is 2.26. The Balaban J connectivity index is 3.11. The summed E-state index contributed by atoms with van der Waals surface area (Å²) in [6, 6.07) is 4.44. The molecule has 1 rings (SSSR count). The molecule has 6 heteroatoms. The molecule has 0 unspecified atom stereocenters. The molecule has 74 valence electrons. The maximum absolute atomic E-state index is 11.9. The first-order valence-electron chi connectivity index (χ1n) is 3.38. The fourth-order valence-corrected chi connectivity index (χ4v) is 1.57.